The van der Waals surface area contributed by atoms with Gasteiger partial charge in [-0.3, -0.25) is 4.79 Å². The molecule has 1 aliphatic heterocycles. The van der Waals surface area contributed by atoms with Gasteiger partial charge in [0.1, 0.15) is 0 Å². The van der Waals surface area contributed by atoms with Gasteiger partial charge in [0.25, 0.3) is 5.91 Å². The van der Waals surface area contributed by atoms with Crippen molar-refractivity contribution in [3.05, 3.63) is 82.9 Å². The molecular weight excluding hydrogens is 487 g/mol. The maximum atomic E-state index is 13.3. The molecule has 2 heterocycles. The van der Waals surface area contributed by atoms with E-state index in [9.17, 15) is 22.8 Å². The highest BCUT2D eigenvalue weighted by atomic mass is 19.4. The largest absolute Gasteiger partial charge is 0.417 e. The highest BCUT2D eigenvalue weighted by Crippen LogP contribution is 2.33. The first-order chi connectivity index (χ1) is 17.8. The number of hydrogen-bond donors (Lipinski definition) is 1. The van der Waals surface area contributed by atoms with Gasteiger partial charge in [0.2, 0.25) is 5.88 Å². The van der Waals surface area contributed by atoms with Crippen molar-refractivity contribution in [2.24, 2.45) is 0 Å². The average Bonchev–Trinajstić information content (AvgIpc) is 3.31. The van der Waals surface area contributed by atoms with Crippen molar-refractivity contribution in [1.29, 1.82) is 0 Å². The summed E-state index contributed by atoms with van der Waals surface area (Å²) in [6.45, 7) is 1.21. The van der Waals surface area contributed by atoms with Gasteiger partial charge in [-0.1, -0.05) is 36.4 Å². The minimum absolute atomic E-state index is 0.0464. The number of nitrogens with zero attached hydrogens (tertiary/aromatic N) is 4. The number of halogens is 3. The molecule has 37 heavy (non-hydrogen) atoms. The van der Waals surface area contributed by atoms with Crippen LogP contribution in [0, 0.1) is 0 Å². The molecule has 2 aliphatic rings. The number of piperazine rings is 1. The Hall–Kier alpha value is -4.15. The van der Waals surface area contributed by atoms with Crippen LogP contribution in [0.15, 0.2) is 60.7 Å². The lowest BCUT2D eigenvalue weighted by atomic mass is 10.1. The van der Waals surface area contributed by atoms with Crippen molar-refractivity contribution in [3.63, 3.8) is 0 Å². The van der Waals surface area contributed by atoms with Crippen LogP contribution in [0.5, 0.6) is 5.88 Å². The molecule has 1 aromatic heterocycles. The minimum atomic E-state index is -4.61. The van der Waals surface area contributed by atoms with E-state index in [1.54, 1.807) is 6.07 Å². The first-order valence-corrected chi connectivity index (χ1v) is 11.9. The molecule has 1 saturated heterocycles. The Morgan fingerprint density at radius 3 is 2.38 bits per heavy atom. The predicted octanol–water partition coefficient (Wildman–Crippen LogP) is 4.23. The fourth-order valence-electron chi connectivity index (χ4n) is 4.74. The van der Waals surface area contributed by atoms with E-state index in [0.29, 0.717) is 18.9 Å². The van der Waals surface area contributed by atoms with Gasteiger partial charge in [0.15, 0.2) is 5.82 Å². The number of aryl methyl sites for hydroxylation is 1. The number of amides is 2. The molecule has 11 heteroatoms. The standard InChI is InChI=1S/C26H24F3N5O3/c27-26(28,29)20-8-4-3-7-19(20)24(35)34-15-13-33(14-16-34)22-11-12-23(32-31-22)37-25(36)30-21-10-9-17-5-1-2-6-18(17)21/h1-8,11-12,21H,9-10,13-16H2,(H,30,36). The average molecular weight is 512 g/mol. The lowest BCUT2D eigenvalue weighted by Gasteiger charge is -2.35. The monoisotopic (exact) mass is 511 g/mol. The van der Waals surface area contributed by atoms with Crippen molar-refractivity contribution < 1.29 is 27.5 Å². The second kappa shape index (κ2) is 10.1. The summed E-state index contributed by atoms with van der Waals surface area (Å²) in [6.07, 6.45) is -3.53. The molecule has 2 aromatic carbocycles. The molecule has 1 N–H and O–H groups in total. The van der Waals surface area contributed by atoms with Gasteiger partial charge in [-0.25, -0.2) is 4.79 Å². The van der Waals surface area contributed by atoms with E-state index in [-0.39, 0.29) is 30.6 Å². The SMILES string of the molecule is O=C(NC1CCc2ccccc21)Oc1ccc(N2CCN(C(=O)c3ccccc3C(F)(F)F)CC2)nn1. The number of hydrogen-bond acceptors (Lipinski definition) is 6. The van der Waals surface area contributed by atoms with Crippen LogP contribution >= 0.6 is 0 Å². The van der Waals surface area contributed by atoms with E-state index >= 15 is 0 Å². The van der Waals surface area contributed by atoms with E-state index < -0.39 is 23.7 Å². The summed E-state index contributed by atoms with van der Waals surface area (Å²) < 4.78 is 45.2. The Kier molecular flexibility index (Phi) is 6.68. The van der Waals surface area contributed by atoms with Crippen molar-refractivity contribution in [3.8, 4) is 5.88 Å². The number of fused-ring (bicyclic) bond motifs is 1. The molecule has 0 bridgehead atoms. The third-order valence-electron chi connectivity index (χ3n) is 6.60. The topological polar surface area (TPSA) is 87.7 Å². The molecular formula is C26H24F3N5O3. The number of alkyl halides is 3. The Morgan fingerprint density at radius 1 is 0.919 bits per heavy atom. The van der Waals surface area contributed by atoms with Crippen molar-refractivity contribution in [2.45, 2.75) is 25.1 Å². The number of anilines is 1. The second-order valence-corrected chi connectivity index (χ2v) is 8.88. The maximum absolute atomic E-state index is 13.3. The third kappa shape index (κ3) is 5.35. The molecule has 2 amide bonds. The Bertz CT molecular complexity index is 1290. The first kappa shape index (κ1) is 24.5. The molecule has 5 rings (SSSR count). The van der Waals surface area contributed by atoms with Crippen LogP contribution in [0.3, 0.4) is 0 Å². The summed E-state index contributed by atoms with van der Waals surface area (Å²) in [5.41, 5.74) is 0.998. The van der Waals surface area contributed by atoms with Crippen LogP contribution in [-0.4, -0.2) is 53.3 Å². The molecule has 192 valence electrons. The maximum Gasteiger partial charge on any atom is 0.417 e. The summed E-state index contributed by atoms with van der Waals surface area (Å²) in [5, 5.41) is 10.9. The highest BCUT2D eigenvalue weighted by Gasteiger charge is 2.36. The molecule has 1 unspecified atom stereocenters. The number of nitrogens with one attached hydrogen (secondary N) is 1. The van der Waals surface area contributed by atoms with Gasteiger partial charge in [0.05, 0.1) is 17.2 Å². The third-order valence-corrected chi connectivity index (χ3v) is 6.60. The van der Waals surface area contributed by atoms with Crippen LogP contribution in [0.25, 0.3) is 0 Å². The zero-order valence-electron chi connectivity index (χ0n) is 19.7. The molecule has 1 aliphatic carbocycles. The summed E-state index contributed by atoms with van der Waals surface area (Å²) in [4.78, 5) is 28.4. The normalized spacial score (nSPS) is 17.3. The van der Waals surface area contributed by atoms with E-state index in [1.807, 2.05) is 29.2 Å². The molecule has 1 fully saturated rings. The molecule has 8 nitrogen and oxygen atoms in total. The summed E-state index contributed by atoms with van der Waals surface area (Å²) in [6, 6.07) is 15.8. The Balaban J connectivity index is 1.15. The second-order valence-electron chi connectivity index (χ2n) is 8.88. The van der Waals surface area contributed by atoms with E-state index in [4.69, 9.17) is 4.74 Å². The van der Waals surface area contributed by atoms with E-state index in [1.165, 1.54) is 34.7 Å². The van der Waals surface area contributed by atoms with Crippen LogP contribution < -0.4 is 15.0 Å². The zero-order valence-corrected chi connectivity index (χ0v) is 19.7. The molecule has 1 atom stereocenters. The number of carbonyl (C=O) groups excluding carboxylic acids is 2. The fourth-order valence-corrected chi connectivity index (χ4v) is 4.74. The van der Waals surface area contributed by atoms with Gasteiger partial charge in [-0.15, -0.1) is 10.2 Å². The van der Waals surface area contributed by atoms with E-state index in [2.05, 4.69) is 15.5 Å². The highest BCUT2D eigenvalue weighted by molar-refractivity contribution is 5.96. The van der Waals surface area contributed by atoms with Gasteiger partial charge < -0.3 is 19.9 Å². The van der Waals surface area contributed by atoms with Gasteiger partial charge in [0, 0.05) is 32.2 Å². The zero-order chi connectivity index (χ0) is 26.0. The molecule has 3 aromatic rings. The number of rotatable bonds is 4. The van der Waals surface area contributed by atoms with Crippen molar-refractivity contribution in [1.82, 2.24) is 20.4 Å². The van der Waals surface area contributed by atoms with Crippen LogP contribution in [0.1, 0.15) is 39.5 Å². The van der Waals surface area contributed by atoms with Gasteiger partial charge in [-0.2, -0.15) is 13.2 Å². The quantitative estimate of drug-likeness (QED) is 0.564. The Labute approximate surface area is 211 Å². The van der Waals surface area contributed by atoms with Crippen LogP contribution in [0.4, 0.5) is 23.8 Å². The summed E-state index contributed by atoms with van der Waals surface area (Å²) in [5.74, 6) is -0.0938. The van der Waals surface area contributed by atoms with Gasteiger partial charge >= 0.3 is 12.3 Å². The number of carbonyl (C=O) groups is 2. The predicted molar refractivity (Wildman–Crippen MR) is 128 cm³/mol. The number of ether oxygens (including phenoxy) is 1. The molecule has 0 saturated carbocycles. The summed E-state index contributed by atoms with van der Waals surface area (Å²) in [7, 11) is 0. The smallest absolute Gasteiger partial charge is 0.390 e. The fraction of sp³-hybridized carbons (Fsp3) is 0.308. The van der Waals surface area contributed by atoms with Crippen molar-refractivity contribution in [2.75, 3.05) is 31.1 Å². The van der Waals surface area contributed by atoms with Crippen LogP contribution in [0.2, 0.25) is 0 Å². The first-order valence-electron chi connectivity index (χ1n) is 11.9. The number of benzene rings is 2. The molecule has 0 radical (unpaired) electrons. The van der Waals surface area contributed by atoms with E-state index in [0.717, 1.165) is 24.5 Å². The van der Waals surface area contributed by atoms with Crippen molar-refractivity contribution >= 4 is 17.8 Å². The number of aromatic nitrogens is 2. The Morgan fingerprint density at radius 2 is 1.65 bits per heavy atom. The lowest BCUT2D eigenvalue weighted by molar-refractivity contribution is -0.138. The molecule has 0 spiro atoms. The lowest BCUT2D eigenvalue weighted by Crippen LogP contribution is -2.49. The van der Waals surface area contributed by atoms with Crippen LogP contribution in [-0.2, 0) is 12.6 Å². The summed E-state index contributed by atoms with van der Waals surface area (Å²) >= 11 is 0. The van der Waals surface area contributed by atoms with Gasteiger partial charge in [-0.05, 0) is 42.2 Å². The minimum Gasteiger partial charge on any atom is -0.390 e.